The first-order chi connectivity index (χ1) is 7.55. The Bertz CT molecular complexity index is 301. The summed E-state index contributed by atoms with van der Waals surface area (Å²) >= 11 is 0. The number of nitriles is 1. The average molecular weight is 220 g/mol. The third-order valence-corrected chi connectivity index (χ3v) is 3.74. The molecule has 0 atom stereocenters. The maximum Gasteiger partial charge on any atom is 0.0965 e. The maximum atomic E-state index is 9.12. The van der Waals surface area contributed by atoms with E-state index in [0.717, 1.165) is 24.1 Å². The van der Waals surface area contributed by atoms with Crippen LogP contribution in [0.15, 0.2) is 11.3 Å². The van der Waals surface area contributed by atoms with Crippen molar-refractivity contribution < 1.29 is 0 Å². The number of nitrogens with zero attached hydrogens (tertiary/aromatic N) is 1. The molecule has 0 amide bonds. The molecule has 2 nitrogen and oxygen atoms in total. The van der Waals surface area contributed by atoms with Crippen molar-refractivity contribution in [2.24, 2.45) is 17.1 Å². The normalized spacial score (nSPS) is 20.7. The summed E-state index contributed by atoms with van der Waals surface area (Å²) in [6.07, 6.45) is 6.75. The van der Waals surface area contributed by atoms with Gasteiger partial charge < -0.3 is 5.73 Å². The van der Waals surface area contributed by atoms with Gasteiger partial charge in [0.2, 0.25) is 0 Å². The molecular formula is C14H24N2. The Morgan fingerprint density at radius 1 is 1.38 bits per heavy atom. The third-order valence-electron chi connectivity index (χ3n) is 3.74. The highest BCUT2D eigenvalue weighted by molar-refractivity contribution is 5.31. The van der Waals surface area contributed by atoms with E-state index in [-0.39, 0.29) is 5.41 Å². The van der Waals surface area contributed by atoms with Gasteiger partial charge >= 0.3 is 0 Å². The number of hydrogen-bond acceptors (Lipinski definition) is 2. The summed E-state index contributed by atoms with van der Waals surface area (Å²) in [5.41, 5.74) is 8.12. The highest BCUT2D eigenvalue weighted by Gasteiger charge is 2.38. The van der Waals surface area contributed by atoms with Gasteiger partial charge in [0.05, 0.1) is 6.07 Å². The Balaban J connectivity index is 3.02. The molecule has 0 spiro atoms. The summed E-state index contributed by atoms with van der Waals surface area (Å²) in [6.45, 7) is 6.50. The first-order valence-electron chi connectivity index (χ1n) is 6.45. The molecular weight excluding hydrogens is 196 g/mol. The van der Waals surface area contributed by atoms with E-state index in [0.29, 0.717) is 5.92 Å². The van der Waals surface area contributed by atoms with E-state index < -0.39 is 0 Å². The molecule has 16 heavy (non-hydrogen) atoms. The quantitative estimate of drug-likeness (QED) is 0.734. The van der Waals surface area contributed by atoms with Crippen LogP contribution in [0.1, 0.15) is 59.3 Å². The Hall–Kier alpha value is -0.970. The second kappa shape index (κ2) is 5.39. The Kier molecular flexibility index (Phi) is 4.41. The topological polar surface area (TPSA) is 49.8 Å². The molecule has 0 aromatic carbocycles. The van der Waals surface area contributed by atoms with Gasteiger partial charge in [0.1, 0.15) is 0 Å². The van der Waals surface area contributed by atoms with E-state index in [1.54, 1.807) is 0 Å². The predicted octanol–water partition coefficient (Wildman–Crippen LogP) is 3.74. The van der Waals surface area contributed by atoms with E-state index in [4.69, 9.17) is 11.0 Å². The maximum absolute atomic E-state index is 9.12. The molecule has 0 aromatic heterocycles. The summed E-state index contributed by atoms with van der Waals surface area (Å²) in [7, 11) is 0. The minimum Gasteiger partial charge on any atom is -0.401 e. The van der Waals surface area contributed by atoms with Gasteiger partial charge in [0.25, 0.3) is 0 Å². The van der Waals surface area contributed by atoms with E-state index >= 15 is 0 Å². The first-order valence-corrected chi connectivity index (χ1v) is 6.45. The first kappa shape index (κ1) is 13.1. The van der Waals surface area contributed by atoms with Crippen molar-refractivity contribution in [1.82, 2.24) is 0 Å². The van der Waals surface area contributed by atoms with Crippen molar-refractivity contribution in [3.05, 3.63) is 11.3 Å². The van der Waals surface area contributed by atoms with Crippen LogP contribution in [0, 0.1) is 22.7 Å². The standard InChI is InChI=1S/C14H24N2/c1-4-12(10-15)13(16)14(9-11(2)3)7-5-6-8-14/h11H,4-9,16H2,1-3H3. The van der Waals surface area contributed by atoms with Gasteiger partial charge in [-0.2, -0.15) is 5.26 Å². The SMILES string of the molecule is CCC(C#N)=C(N)C1(CC(C)C)CCCC1. The van der Waals surface area contributed by atoms with Crippen molar-refractivity contribution in [2.45, 2.75) is 59.3 Å². The van der Waals surface area contributed by atoms with E-state index in [9.17, 15) is 0 Å². The summed E-state index contributed by atoms with van der Waals surface area (Å²) in [5, 5.41) is 9.12. The molecule has 1 aliphatic carbocycles. The second-order valence-corrected chi connectivity index (χ2v) is 5.44. The van der Waals surface area contributed by atoms with Crippen LogP contribution < -0.4 is 5.73 Å². The molecule has 2 heteroatoms. The van der Waals surface area contributed by atoms with Gasteiger partial charge in [-0.1, -0.05) is 33.6 Å². The van der Waals surface area contributed by atoms with Crippen molar-refractivity contribution >= 4 is 0 Å². The zero-order valence-electron chi connectivity index (χ0n) is 10.8. The van der Waals surface area contributed by atoms with E-state index in [1.165, 1.54) is 25.7 Å². The smallest absolute Gasteiger partial charge is 0.0965 e. The van der Waals surface area contributed by atoms with Crippen LogP contribution in [0.3, 0.4) is 0 Å². The van der Waals surface area contributed by atoms with Gasteiger partial charge in [-0.15, -0.1) is 0 Å². The molecule has 1 fully saturated rings. The molecule has 0 bridgehead atoms. The molecule has 0 aromatic rings. The molecule has 1 saturated carbocycles. The van der Waals surface area contributed by atoms with Gasteiger partial charge in [-0.3, -0.25) is 0 Å². The van der Waals surface area contributed by atoms with E-state index in [1.807, 2.05) is 6.92 Å². The molecule has 0 saturated heterocycles. The van der Waals surface area contributed by atoms with Crippen molar-refractivity contribution in [1.29, 1.82) is 5.26 Å². The fourth-order valence-electron chi connectivity index (χ4n) is 3.07. The number of allylic oxidation sites excluding steroid dienone is 2. The van der Waals surface area contributed by atoms with Crippen molar-refractivity contribution in [3.63, 3.8) is 0 Å². The largest absolute Gasteiger partial charge is 0.401 e. The monoisotopic (exact) mass is 220 g/mol. The highest BCUT2D eigenvalue weighted by atomic mass is 14.7. The Labute approximate surface area is 99.5 Å². The minimum absolute atomic E-state index is 0.134. The lowest BCUT2D eigenvalue weighted by atomic mass is 9.74. The van der Waals surface area contributed by atoms with E-state index in [2.05, 4.69) is 19.9 Å². The number of rotatable bonds is 4. The van der Waals surface area contributed by atoms with Crippen LogP contribution in [-0.4, -0.2) is 0 Å². The lowest BCUT2D eigenvalue weighted by molar-refractivity contribution is 0.284. The van der Waals surface area contributed by atoms with Crippen LogP contribution in [0.5, 0.6) is 0 Å². The zero-order chi connectivity index (χ0) is 12.2. The average Bonchev–Trinajstić information content (AvgIpc) is 2.68. The zero-order valence-corrected chi connectivity index (χ0v) is 10.8. The fourth-order valence-corrected chi connectivity index (χ4v) is 3.07. The molecule has 0 aliphatic heterocycles. The molecule has 2 N–H and O–H groups in total. The number of nitrogens with two attached hydrogens (primary N) is 1. The third kappa shape index (κ3) is 2.58. The Morgan fingerprint density at radius 2 is 1.94 bits per heavy atom. The van der Waals surface area contributed by atoms with Crippen LogP contribution >= 0.6 is 0 Å². The van der Waals surface area contributed by atoms with Gasteiger partial charge in [0, 0.05) is 16.7 Å². The summed E-state index contributed by atoms with van der Waals surface area (Å²) in [6, 6.07) is 2.28. The van der Waals surface area contributed by atoms with Gasteiger partial charge in [-0.05, 0) is 31.6 Å². The fraction of sp³-hybridized carbons (Fsp3) is 0.786. The van der Waals surface area contributed by atoms with Crippen LogP contribution in [0.25, 0.3) is 0 Å². The number of hydrogen-bond donors (Lipinski definition) is 1. The van der Waals surface area contributed by atoms with Crippen molar-refractivity contribution in [2.75, 3.05) is 0 Å². The molecule has 1 rings (SSSR count). The Morgan fingerprint density at radius 3 is 2.31 bits per heavy atom. The summed E-state index contributed by atoms with van der Waals surface area (Å²) in [5.74, 6) is 0.647. The molecule has 90 valence electrons. The molecule has 1 aliphatic rings. The summed E-state index contributed by atoms with van der Waals surface area (Å²) < 4.78 is 0. The van der Waals surface area contributed by atoms with Gasteiger partial charge in [-0.25, -0.2) is 0 Å². The van der Waals surface area contributed by atoms with Crippen LogP contribution in [-0.2, 0) is 0 Å². The molecule has 0 unspecified atom stereocenters. The second-order valence-electron chi connectivity index (χ2n) is 5.44. The molecule has 0 heterocycles. The minimum atomic E-state index is 0.134. The van der Waals surface area contributed by atoms with Crippen LogP contribution in [0.2, 0.25) is 0 Å². The predicted molar refractivity (Wildman–Crippen MR) is 67.5 cm³/mol. The lowest BCUT2D eigenvalue weighted by Crippen LogP contribution is -2.28. The van der Waals surface area contributed by atoms with Gasteiger partial charge in [0.15, 0.2) is 0 Å². The summed E-state index contributed by atoms with van der Waals surface area (Å²) in [4.78, 5) is 0. The van der Waals surface area contributed by atoms with Crippen LogP contribution in [0.4, 0.5) is 0 Å². The highest BCUT2D eigenvalue weighted by Crippen LogP contribution is 2.47. The molecule has 0 radical (unpaired) electrons. The van der Waals surface area contributed by atoms with Crippen molar-refractivity contribution in [3.8, 4) is 6.07 Å². The lowest BCUT2D eigenvalue weighted by Gasteiger charge is -2.32.